The van der Waals surface area contributed by atoms with Crippen LogP contribution in [0, 0.1) is 0 Å². The van der Waals surface area contributed by atoms with Crippen LogP contribution in [0.2, 0.25) is 0 Å². The minimum absolute atomic E-state index is 1.12. The van der Waals surface area contributed by atoms with Crippen LogP contribution in [0.15, 0.2) is 170 Å². The number of hydrogen-bond acceptors (Lipinski definition) is 1. The molecule has 0 saturated heterocycles. The summed E-state index contributed by atoms with van der Waals surface area (Å²) >= 11 is 0. The average molecular weight is 537 g/mol. The van der Waals surface area contributed by atoms with Gasteiger partial charge in [0.25, 0.3) is 0 Å². The maximum atomic E-state index is 2.38. The normalized spacial score (nSPS) is 11.3. The first kappa shape index (κ1) is 24.2. The van der Waals surface area contributed by atoms with E-state index in [-0.39, 0.29) is 0 Å². The van der Waals surface area contributed by atoms with E-state index < -0.39 is 0 Å². The van der Waals surface area contributed by atoms with Gasteiger partial charge in [-0.2, -0.15) is 0 Å². The van der Waals surface area contributed by atoms with Crippen molar-refractivity contribution in [1.82, 2.24) is 4.57 Å². The van der Waals surface area contributed by atoms with Crippen molar-refractivity contribution in [2.75, 3.05) is 4.90 Å². The molecular weight excluding hydrogens is 508 g/mol. The molecule has 2 nitrogen and oxygen atoms in total. The summed E-state index contributed by atoms with van der Waals surface area (Å²) in [6.45, 7) is 0. The van der Waals surface area contributed by atoms with Gasteiger partial charge in [-0.1, -0.05) is 109 Å². The number of nitrogens with zero attached hydrogens (tertiary/aromatic N) is 2. The fourth-order valence-electron chi connectivity index (χ4n) is 6.15. The van der Waals surface area contributed by atoms with Crippen LogP contribution < -0.4 is 4.90 Å². The van der Waals surface area contributed by atoms with Gasteiger partial charge >= 0.3 is 0 Å². The molecule has 8 rings (SSSR count). The lowest BCUT2D eigenvalue weighted by molar-refractivity contribution is 1.18. The third-order valence-corrected chi connectivity index (χ3v) is 8.15. The number of fused-ring (bicyclic) bond motifs is 4. The highest BCUT2D eigenvalue weighted by molar-refractivity contribution is 6.10. The van der Waals surface area contributed by atoms with Crippen LogP contribution >= 0.6 is 0 Å². The first-order valence-electron chi connectivity index (χ1n) is 14.4. The number of para-hydroxylation sites is 3. The summed E-state index contributed by atoms with van der Waals surface area (Å²) in [7, 11) is 0. The van der Waals surface area contributed by atoms with Crippen molar-refractivity contribution in [2.24, 2.45) is 0 Å². The molecule has 0 spiro atoms. The van der Waals surface area contributed by atoms with Crippen LogP contribution in [0.3, 0.4) is 0 Å². The minimum Gasteiger partial charge on any atom is -0.310 e. The van der Waals surface area contributed by atoms with Gasteiger partial charge in [0.1, 0.15) is 0 Å². The Bertz CT molecular complexity index is 2180. The van der Waals surface area contributed by atoms with Crippen LogP contribution in [0.4, 0.5) is 17.1 Å². The Kier molecular flexibility index (Phi) is 5.82. The highest BCUT2D eigenvalue weighted by Crippen LogP contribution is 2.40. The Hall–Kier alpha value is -5.60. The zero-order chi connectivity index (χ0) is 27.9. The molecule has 1 heterocycles. The molecule has 42 heavy (non-hydrogen) atoms. The van der Waals surface area contributed by atoms with Crippen molar-refractivity contribution in [3.63, 3.8) is 0 Å². The number of anilines is 3. The molecule has 0 fully saturated rings. The van der Waals surface area contributed by atoms with Gasteiger partial charge in [-0.3, -0.25) is 0 Å². The largest absolute Gasteiger partial charge is 0.310 e. The Balaban J connectivity index is 1.28. The van der Waals surface area contributed by atoms with Crippen molar-refractivity contribution in [2.45, 2.75) is 0 Å². The Morgan fingerprint density at radius 2 is 0.952 bits per heavy atom. The molecule has 0 radical (unpaired) electrons. The standard InChI is InChI=1S/C40H28N2/c1-3-13-33(14-4-1)41(35-23-21-30(22-24-35)32-20-19-29-11-7-8-12-31(29)27-32)36-25-26-38-37-17-9-10-18-39(37)42(40(38)28-36)34-15-5-2-6-16-34/h1-28H. The quantitative estimate of drug-likeness (QED) is 0.212. The summed E-state index contributed by atoms with van der Waals surface area (Å²) in [6, 6.07) is 60.9. The summed E-state index contributed by atoms with van der Waals surface area (Å²) in [5.41, 5.74) is 9.34. The van der Waals surface area contributed by atoms with Crippen molar-refractivity contribution >= 4 is 49.6 Å². The summed E-state index contributed by atoms with van der Waals surface area (Å²) in [6.07, 6.45) is 0. The van der Waals surface area contributed by atoms with Gasteiger partial charge in [0.15, 0.2) is 0 Å². The van der Waals surface area contributed by atoms with Gasteiger partial charge in [-0.05, 0) is 82.6 Å². The van der Waals surface area contributed by atoms with Gasteiger partial charge in [-0.25, -0.2) is 0 Å². The molecule has 0 aliphatic carbocycles. The summed E-state index contributed by atoms with van der Waals surface area (Å²) in [5.74, 6) is 0. The number of hydrogen-bond donors (Lipinski definition) is 0. The lowest BCUT2D eigenvalue weighted by Gasteiger charge is -2.26. The third kappa shape index (κ3) is 4.13. The zero-order valence-corrected chi connectivity index (χ0v) is 23.1. The van der Waals surface area contributed by atoms with E-state index in [1.54, 1.807) is 0 Å². The topological polar surface area (TPSA) is 8.17 Å². The first-order valence-corrected chi connectivity index (χ1v) is 14.4. The van der Waals surface area contributed by atoms with Crippen molar-refractivity contribution in [3.8, 4) is 16.8 Å². The van der Waals surface area contributed by atoms with E-state index in [1.807, 2.05) is 0 Å². The molecule has 7 aromatic carbocycles. The van der Waals surface area contributed by atoms with Gasteiger partial charge in [-0.15, -0.1) is 0 Å². The fraction of sp³-hybridized carbons (Fsp3) is 0. The lowest BCUT2D eigenvalue weighted by Crippen LogP contribution is -2.10. The Labute approximate surface area is 245 Å². The van der Waals surface area contributed by atoms with E-state index in [0.29, 0.717) is 0 Å². The highest BCUT2D eigenvalue weighted by atomic mass is 15.1. The molecule has 0 saturated carbocycles. The second-order valence-electron chi connectivity index (χ2n) is 10.7. The number of aromatic nitrogens is 1. The summed E-state index contributed by atoms with van der Waals surface area (Å²) in [5, 5.41) is 5.02. The van der Waals surface area contributed by atoms with Gasteiger partial charge < -0.3 is 9.47 Å². The maximum Gasteiger partial charge on any atom is 0.0561 e. The number of benzene rings is 7. The molecule has 0 aliphatic rings. The Morgan fingerprint density at radius 1 is 0.357 bits per heavy atom. The maximum absolute atomic E-state index is 2.38. The van der Waals surface area contributed by atoms with E-state index in [9.17, 15) is 0 Å². The molecule has 0 unspecified atom stereocenters. The van der Waals surface area contributed by atoms with E-state index >= 15 is 0 Å². The van der Waals surface area contributed by atoms with Crippen molar-refractivity contribution in [1.29, 1.82) is 0 Å². The molecule has 0 amide bonds. The highest BCUT2D eigenvalue weighted by Gasteiger charge is 2.17. The van der Waals surface area contributed by atoms with Crippen LogP contribution in [0.25, 0.3) is 49.4 Å². The third-order valence-electron chi connectivity index (χ3n) is 8.15. The SMILES string of the molecule is c1ccc(N(c2ccc(-c3ccc4ccccc4c3)cc2)c2ccc3c4ccccc4n(-c4ccccc4)c3c2)cc1. The van der Waals surface area contributed by atoms with E-state index in [0.717, 1.165) is 22.7 Å². The minimum atomic E-state index is 1.12. The van der Waals surface area contributed by atoms with Crippen LogP contribution in [0.1, 0.15) is 0 Å². The molecule has 1 aromatic heterocycles. The lowest BCUT2D eigenvalue weighted by atomic mass is 10.0. The fourth-order valence-corrected chi connectivity index (χ4v) is 6.15. The molecule has 0 aliphatic heterocycles. The van der Waals surface area contributed by atoms with E-state index in [4.69, 9.17) is 0 Å². The molecule has 0 bridgehead atoms. The molecule has 0 N–H and O–H groups in total. The first-order chi connectivity index (χ1) is 20.8. The van der Waals surface area contributed by atoms with Crippen LogP contribution in [0.5, 0.6) is 0 Å². The van der Waals surface area contributed by atoms with Gasteiger partial charge in [0.05, 0.1) is 11.0 Å². The average Bonchev–Trinajstić information content (AvgIpc) is 3.39. The van der Waals surface area contributed by atoms with Gasteiger partial charge in [0.2, 0.25) is 0 Å². The monoisotopic (exact) mass is 536 g/mol. The predicted octanol–water partition coefficient (Wildman–Crippen LogP) is 11.1. The summed E-state index contributed by atoms with van der Waals surface area (Å²) in [4.78, 5) is 2.34. The molecule has 0 atom stereocenters. The molecule has 2 heteroatoms. The number of rotatable bonds is 5. The smallest absolute Gasteiger partial charge is 0.0561 e. The van der Waals surface area contributed by atoms with Gasteiger partial charge in [0, 0.05) is 33.5 Å². The molecular formula is C40H28N2. The van der Waals surface area contributed by atoms with Crippen molar-refractivity contribution < 1.29 is 0 Å². The Morgan fingerprint density at radius 3 is 1.76 bits per heavy atom. The second-order valence-corrected chi connectivity index (χ2v) is 10.7. The molecule has 198 valence electrons. The van der Waals surface area contributed by atoms with Crippen LogP contribution in [-0.2, 0) is 0 Å². The van der Waals surface area contributed by atoms with Crippen LogP contribution in [-0.4, -0.2) is 4.57 Å². The predicted molar refractivity (Wildman–Crippen MR) is 178 cm³/mol. The van der Waals surface area contributed by atoms with Crippen molar-refractivity contribution in [3.05, 3.63) is 170 Å². The summed E-state index contributed by atoms with van der Waals surface area (Å²) < 4.78 is 2.38. The second kappa shape index (κ2) is 10.1. The van der Waals surface area contributed by atoms with E-state index in [2.05, 4.69) is 179 Å². The van der Waals surface area contributed by atoms with E-state index in [1.165, 1.54) is 43.7 Å². The zero-order valence-electron chi connectivity index (χ0n) is 23.1. The molecule has 8 aromatic rings.